The van der Waals surface area contributed by atoms with Crippen molar-refractivity contribution in [3.63, 3.8) is 0 Å². The van der Waals surface area contributed by atoms with Gasteiger partial charge in [-0.3, -0.25) is 5.32 Å². The summed E-state index contributed by atoms with van der Waals surface area (Å²) in [4.78, 5) is 8.88. The lowest BCUT2D eigenvalue weighted by atomic mass is 9.94. The van der Waals surface area contributed by atoms with Gasteiger partial charge in [-0.25, -0.2) is 14.4 Å². The van der Waals surface area contributed by atoms with E-state index in [1.807, 2.05) is 47.3 Å². The summed E-state index contributed by atoms with van der Waals surface area (Å²) in [5, 5.41) is 25.0. The van der Waals surface area contributed by atoms with Gasteiger partial charge in [-0.1, -0.05) is 30.3 Å². The average molecular weight is 451 g/mol. The molecule has 6 N–H and O–H groups in total. The van der Waals surface area contributed by atoms with Gasteiger partial charge < -0.3 is 21.4 Å². The molecule has 0 fully saturated rings. The van der Waals surface area contributed by atoms with E-state index in [0.29, 0.717) is 23.5 Å². The standard InChI is InChI=1S/C24H18FN9/c25-17-4-2-1-3-15(17)11-34-8-7-13-5-6-14(9-18(13)34)21-19-20(28)16(10-26)22(29)32-23(19)33-24(31-21)30-12-27/h1-9,21H,11H2,(H6,28,29,30,31,32,33). The van der Waals surface area contributed by atoms with E-state index >= 15 is 0 Å². The number of benzene rings is 2. The van der Waals surface area contributed by atoms with Crippen molar-refractivity contribution in [3.05, 3.63) is 82.8 Å². The third kappa shape index (κ3) is 3.40. The number of nitriles is 2. The molecule has 0 radical (unpaired) electrons. The van der Waals surface area contributed by atoms with Crippen molar-refractivity contribution in [2.75, 3.05) is 16.8 Å². The molecule has 0 saturated carbocycles. The van der Waals surface area contributed by atoms with Crippen molar-refractivity contribution in [3.8, 4) is 12.3 Å². The number of nitrogens with zero attached hydrogens (tertiary/aromatic N) is 5. The number of nitrogens with two attached hydrogens (primary N) is 2. The predicted octanol–water partition coefficient (Wildman–Crippen LogP) is 3.20. The normalized spacial score (nSPS) is 14.4. The number of rotatable bonds is 3. The Bertz CT molecular complexity index is 1560. The molecule has 1 unspecified atom stereocenters. The Kier molecular flexibility index (Phi) is 4.96. The van der Waals surface area contributed by atoms with E-state index in [1.54, 1.807) is 18.2 Å². The largest absolute Gasteiger partial charge is 0.397 e. The van der Waals surface area contributed by atoms with Gasteiger partial charge in [-0.2, -0.15) is 10.5 Å². The molecule has 2 aromatic heterocycles. The molecule has 1 aliphatic rings. The summed E-state index contributed by atoms with van der Waals surface area (Å²) in [5.41, 5.74) is 15.2. The topological polar surface area (TPSA) is 154 Å². The van der Waals surface area contributed by atoms with Crippen LogP contribution >= 0.6 is 0 Å². The molecule has 10 heteroatoms. The third-order valence-electron chi connectivity index (χ3n) is 5.77. The van der Waals surface area contributed by atoms with Crippen LogP contribution in [0.1, 0.15) is 28.3 Å². The number of hydrogen-bond donors (Lipinski definition) is 4. The highest BCUT2D eigenvalue weighted by Crippen LogP contribution is 2.41. The van der Waals surface area contributed by atoms with Crippen LogP contribution in [-0.4, -0.2) is 15.5 Å². The Morgan fingerprint density at radius 3 is 2.74 bits per heavy atom. The van der Waals surface area contributed by atoms with Crippen molar-refractivity contribution in [2.24, 2.45) is 4.99 Å². The van der Waals surface area contributed by atoms with E-state index in [0.717, 1.165) is 16.5 Å². The van der Waals surface area contributed by atoms with Gasteiger partial charge in [0.1, 0.15) is 35.1 Å². The Morgan fingerprint density at radius 2 is 1.97 bits per heavy atom. The zero-order chi connectivity index (χ0) is 23.8. The predicted molar refractivity (Wildman–Crippen MR) is 127 cm³/mol. The molecule has 0 amide bonds. The summed E-state index contributed by atoms with van der Waals surface area (Å²) in [5.74, 6) is 0.203. The molecule has 5 rings (SSSR count). The SMILES string of the molecule is N#CNC1=NC(c2ccc3ccn(Cc4ccccc4F)c3c2)c2c(nc(N)c(C#N)c2N)N1. The molecular formula is C24H18FN9. The van der Waals surface area contributed by atoms with E-state index in [-0.39, 0.29) is 28.8 Å². The first-order valence-corrected chi connectivity index (χ1v) is 10.3. The van der Waals surface area contributed by atoms with Crippen LogP contribution in [0.25, 0.3) is 10.9 Å². The summed E-state index contributed by atoms with van der Waals surface area (Å²) >= 11 is 0. The first-order valence-electron chi connectivity index (χ1n) is 10.3. The van der Waals surface area contributed by atoms with Crippen LogP contribution in [0.15, 0.2) is 59.7 Å². The smallest absolute Gasteiger partial charge is 0.211 e. The summed E-state index contributed by atoms with van der Waals surface area (Å²) in [7, 11) is 0. The fourth-order valence-corrected chi connectivity index (χ4v) is 4.14. The van der Waals surface area contributed by atoms with Gasteiger partial charge in [0, 0.05) is 22.8 Å². The number of fused-ring (bicyclic) bond motifs is 2. The number of halogens is 1. The molecule has 3 heterocycles. The van der Waals surface area contributed by atoms with Crippen molar-refractivity contribution in [1.29, 1.82) is 10.5 Å². The molecule has 0 aliphatic carbocycles. The van der Waals surface area contributed by atoms with Crippen molar-refractivity contribution in [2.45, 2.75) is 12.6 Å². The Morgan fingerprint density at radius 1 is 1.15 bits per heavy atom. The number of nitrogens with one attached hydrogen (secondary N) is 2. The lowest BCUT2D eigenvalue weighted by molar-refractivity contribution is 0.602. The molecule has 9 nitrogen and oxygen atoms in total. The Hall–Kier alpha value is -5.09. The Labute approximate surface area is 193 Å². The molecular weight excluding hydrogens is 433 g/mol. The minimum atomic E-state index is -0.659. The van der Waals surface area contributed by atoms with Gasteiger partial charge in [0.05, 0.1) is 12.2 Å². The van der Waals surface area contributed by atoms with Crippen LogP contribution in [0.3, 0.4) is 0 Å². The molecule has 2 aromatic carbocycles. The van der Waals surface area contributed by atoms with Gasteiger partial charge in [0.15, 0.2) is 6.19 Å². The minimum Gasteiger partial charge on any atom is -0.397 e. The van der Waals surface area contributed by atoms with Crippen LogP contribution in [0.4, 0.5) is 21.7 Å². The highest BCUT2D eigenvalue weighted by molar-refractivity contribution is 5.98. The van der Waals surface area contributed by atoms with Gasteiger partial charge in [0.25, 0.3) is 0 Å². The lowest BCUT2D eigenvalue weighted by Gasteiger charge is -2.26. The maximum absolute atomic E-state index is 14.3. The monoisotopic (exact) mass is 451 g/mol. The molecule has 1 atom stereocenters. The number of guanidine groups is 1. The Balaban J connectivity index is 1.65. The van der Waals surface area contributed by atoms with Crippen LogP contribution in [0, 0.1) is 28.6 Å². The fraction of sp³-hybridized carbons (Fsp3) is 0.0833. The van der Waals surface area contributed by atoms with Crippen molar-refractivity contribution in [1.82, 2.24) is 14.9 Å². The summed E-state index contributed by atoms with van der Waals surface area (Å²) in [6, 6.07) is 15.7. The van der Waals surface area contributed by atoms with E-state index in [9.17, 15) is 9.65 Å². The van der Waals surface area contributed by atoms with Crippen molar-refractivity contribution < 1.29 is 4.39 Å². The molecule has 0 bridgehead atoms. The van der Waals surface area contributed by atoms with E-state index in [1.165, 1.54) is 6.07 Å². The number of pyridine rings is 1. The van der Waals surface area contributed by atoms with Gasteiger partial charge >= 0.3 is 0 Å². The third-order valence-corrected chi connectivity index (χ3v) is 5.77. The summed E-state index contributed by atoms with van der Waals surface area (Å²) in [6.45, 7) is 0.353. The average Bonchev–Trinajstić information content (AvgIpc) is 3.22. The van der Waals surface area contributed by atoms with Gasteiger partial charge in [0.2, 0.25) is 5.96 Å². The molecule has 166 valence electrons. The highest BCUT2D eigenvalue weighted by atomic mass is 19.1. The molecule has 4 aromatic rings. The van der Waals surface area contributed by atoms with Gasteiger partial charge in [-0.15, -0.1) is 0 Å². The number of aromatic nitrogens is 2. The van der Waals surface area contributed by atoms with Crippen LogP contribution in [0.5, 0.6) is 0 Å². The fourth-order valence-electron chi connectivity index (χ4n) is 4.14. The van der Waals surface area contributed by atoms with Crippen LogP contribution in [-0.2, 0) is 6.54 Å². The number of aliphatic imine (C=N–C) groups is 1. The first-order chi connectivity index (χ1) is 16.5. The zero-order valence-electron chi connectivity index (χ0n) is 17.7. The quantitative estimate of drug-likeness (QED) is 0.275. The minimum absolute atomic E-state index is 0.0163. The van der Waals surface area contributed by atoms with Crippen molar-refractivity contribution >= 4 is 34.2 Å². The van der Waals surface area contributed by atoms with E-state index in [2.05, 4.69) is 20.6 Å². The maximum Gasteiger partial charge on any atom is 0.211 e. The maximum atomic E-state index is 14.3. The lowest BCUT2D eigenvalue weighted by Crippen LogP contribution is -2.32. The first kappa shape index (κ1) is 20.8. The number of hydrogen-bond acceptors (Lipinski definition) is 8. The van der Waals surface area contributed by atoms with Crippen LogP contribution in [0.2, 0.25) is 0 Å². The second kappa shape index (κ2) is 8.11. The van der Waals surface area contributed by atoms with E-state index < -0.39 is 6.04 Å². The molecule has 34 heavy (non-hydrogen) atoms. The van der Waals surface area contributed by atoms with Crippen LogP contribution < -0.4 is 22.1 Å². The molecule has 0 spiro atoms. The number of anilines is 3. The highest BCUT2D eigenvalue weighted by Gasteiger charge is 2.30. The number of nitrogen functional groups attached to an aromatic ring is 2. The van der Waals surface area contributed by atoms with E-state index in [4.69, 9.17) is 16.7 Å². The second-order valence-electron chi connectivity index (χ2n) is 7.76. The molecule has 0 saturated heterocycles. The summed E-state index contributed by atoms with van der Waals surface area (Å²) in [6.07, 6.45) is 3.73. The zero-order valence-corrected chi connectivity index (χ0v) is 17.7. The molecule has 1 aliphatic heterocycles. The summed E-state index contributed by atoms with van der Waals surface area (Å²) < 4.78 is 16.2. The second-order valence-corrected chi connectivity index (χ2v) is 7.76. The van der Waals surface area contributed by atoms with Gasteiger partial charge in [-0.05, 0) is 29.1 Å².